The van der Waals surface area contributed by atoms with Gasteiger partial charge in [-0.1, -0.05) is 11.6 Å². The highest BCUT2D eigenvalue weighted by atomic mass is 35.5. The van der Waals surface area contributed by atoms with Crippen molar-refractivity contribution in [2.45, 2.75) is 12.6 Å². The van der Waals surface area contributed by atoms with Gasteiger partial charge < -0.3 is 20.9 Å². The minimum absolute atomic E-state index is 0.288. The third-order valence-corrected chi connectivity index (χ3v) is 2.58. The maximum Gasteiger partial charge on any atom is 0.142 e. The predicted octanol–water partition coefficient (Wildman–Crippen LogP) is 1.45. The number of rotatable bonds is 5. The lowest BCUT2D eigenvalue weighted by Gasteiger charge is -2.16. The van der Waals surface area contributed by atoms with Crippen LogP contribution in [0.15, 0.2) is 12.1 Å². The fourth-order valence-electron chi connectivity index (χ4n) is 1.54. The van der Waals surface area contributed by atoms with Gasteiger partial charge in [-0.3, -0.25) is 0 Å². The molecule has 4 N–H and O–H groups in total. The van der Waals surface area contributed by atoms with Crippen molar-refractivity contribution in [3.63, 3.8) is 0 Å². The van der Waals surface area contributed by atoms with Crippen LogP contribution in [0, 0.1) is 0 Å². The van der Waals surface area contributed by atoms with Gasteiger partial charge in [0, 0.05) is 25.3 Å². The van der Waals surface area contributed by atoms with Crippen LogP contribution in [-0.4, -0.2) is 20.8 Å². The molecule has 1 rings (SSSR count). The summed E-state index contributed by atoms with van der Waals surface area (Å²) in [6.07, 6.45) is 0. The third kappa shape index (κ3) is 2.86. The topological polar surface area (TPSA) is 70.5 Å². The van der Waals surface area contributed by atoms with Crippen LogP contribution in [-0.2, 0) is 11.3 Å². The molecule has 0 fully saturated rings. The van der Waals surface area contributed by atoms with E-state index in [0.717, 1.165) is 11.1 Å². The van der Waals surface area contributed by atoms with Crippen molar-refractivity contribution in [1.29, 1.82) is 0 Å². The first-order valence-electron chi connectivity index (χ1n) is 4.95. The maximum absolute atomic E-state index is 6.09. The average molecular weight is 245 g/mol. The molecule has 0 bridgehead atoms. The summed E-state index contributed by atoms with van der Waals surface area (Å²) in [7, 11) is 3.19. The van der Waals surface area contributed by atoms with Crippen LogP contribution in [0.3, 0.4) is 0 Å². The van der Waals surface area contributed by atoms with Gasteiger partial charge in [0.1, 0.15) is 5.75 Å². The molecule has 1 aromatic rings. The molecular formula is C11H17ClN2O2. The van der Waals surface area contributed by atoms with Crippen LogP contribution in [0.2, 0.25) is 5.02 Å². The highest BCUT2D eigenvalue weighted by Gasteiger charge is 2.15. The van der Waals surface area contributed by atoms with Crippen molar-refractivity contribution in [3.8, 4) is 5.75 Å². The molecule has 0 amide bonds. The first kappa shape index (κ1) is 13.3. The minimum Gasteiger partial charge on any atom is -0.495 e. The van der Waals surface area contributed by atoms with Gasteiger partial charge in [-0.05, 0) is 17.7 Å². The van der Waals surface area contributed by atoms with Crippen molar-refractivity contribution in [3.05, 3.63) is 28.3 Å². The fraction of sp³-hybridized carbons (Fsp3) is 0.455. The van der Waals surface area contributed by atoms with E-state index in [9.17, 15) is 0 Å². The SMILES string of the molecule is COCc1cc(Cl)c(OC)c(C(N)CN)c1. The molecule has 0 saturated heterocycles. The average Bonchev–Trinajstić information content (AvgIpc) is 2.27. The summed E-state index contributed by atoms with van der Waals surface area (Å²) < 4.78 is 10.3. The van der Waals surface area contributed by atoms with E-state index in [2.05, 4.69) is 0 Å². The number of nitrogens with two attached hydrogens (primary N) is 2. The molecule has 0 radical (unpaired) electrons. The number of halogens is 1. The lowest BCUT2D eigenvalue weighted by Crippen LogP contribution is -2.21. The van der Waals surface area contributed by atoms with E-state index in [1.165, 1.54) is 0 Å². The predicted molar refractivity (Wildman–Crippen MR) is 64.7 cm³/mol. The fourth-order valence-corrected chi connectivity index (χ4v) is 1.87. The standard InChI is InChI=1S/C11H17ClN2O2/c1-15-6-7-3-8(10(14)5-13)11(16-2)9(12)4-7/h3-4,10H,5-6,13-14H2,1-2H3. The second kappa shape index (κ2) is 6.06. The van der Waals surface area contributed by atoms with Gasteiger partial charge >= 0.3 is 0 Å². The van der Waals surface area contributed by atoms with Gasteiger partial charge in [-0.15, -0.1) is 0 Å². The molecule has 0 saturated carbocycles. The van der Waals surface area contributed by atoms with E-state index in [4.69, 9.17) is 32.5 Å². The molecule has 0 aliphatic rings. The van der Waals surface area contributed by atoms with Crippen LogP contribution in [0.4, 0.5) is 0 Å². The number of hydrogen-bond donors (Lipinski definition) is 2. The van der Waals surface area contributed by atoms with Crippen LogP contribution < -0.4 is 16.2 Å². The number of hydrogen-bond acceptors (Lipinski definition) is 4. The summed E-state index contributed by atoms with van der Waals surface area (Å²) in [4.78, 5) is 0. The Morgan fingerprint density at radius 1 is 1.38 bits per heavy atom. The molecule has 0 aliphatic heterocycles. The Bertz CT molecular complexity index is 358. The van der Waals surface area contributed by atoms with Gasteiger partial charge in [-0.25, -0.2) is 0 Å². The van der Waals surface area contributed by atoms with Crippen molar-refractivity contribution in [2.24, 2.45) is 11.5 Å². The molecule has 90 valence electrons. The lowest BCUT2D eigenvalue weighted by molar-refractivity contribution is 0.184. The Kier molecular flexibility index (Phi) is 5.02. The smallest absolute Gasteiger partial charge is 0.142 e. The highest BCUT2D eigenvalue weighted by Crippen LogP contribution is 2.33. The molecule has 5 heteroatoms. The molecular weight excluding hydrogens is 228 g/mol. The van der Waals surface area contributed by atoms with Crippen LogP contribution in [0.25, 0.3) is 0 Å². The maximum atomic E-state index is 6.09. The lowest BCUT2D eigenvalue weighted by atomic mass is 10.0. The van der Waals surface area contributed by atoms with Crippen molar-refractivity contribution >= 4 is 11.6 Å². The number of ether oxygens (including phenoxy) is 2. The Morgan fingerprint density at radius 3 is 2.56 bits per heavy atom. The van der Waals surface area contributed by atoms with E-state index >= 15 is 0 Å². The Morgan fingerprint density at radius 2 is 2.06 bits per heavy atom. The van der Waals surface area contributed by atoms with Gasteiger partial charge in [-0.2, -0.15) is 0 Å². The number of benzene rings is 1. The number of methoxy groups -OCH3 is 2. The first-order chi connectivity index (χ1) is 7.63. The Labute approximate surface area is 100 Å². The van der Waals surface area contributed by atoms with Crippen LogP contribution >= 0.6 is 11.6 Å². The summed E-state index contributed by atoms with van der Waals surface area (Å²) in [5.41, 5.74) is 13.2. The Hall–Kier alpha value is -0.810. The molecule has 1 unspecified atom stereocenters. The molecule has 4 nitrogen and oxygen atoms in total. The molecule has 16 heavy (non-hydrogen) atoms. The van der Waals surface area contributed by atoms with Gasteiger partial charge in [0.25, 0.3) is 0 Å². The first-order valence-corrected chi connectivity index (χ1v) is 5.32. The van der Waals surface area contributed by atoms with Crippen molar-refractivity contribution in [2.75, 3.05) is 20.8 Å². The summed E-state index contributed by atoms with van der Waals surface area (Å²) in [5, 5.41) is 0.524. The molecule has 0 aromatic heterocycles. The van der Waals surface area contributed by atoms with Gasteiger partial charge in [0.05, 0.1) is 18.7 Å². The van der Waals surface area contributed by atoms with Crippen molar-refractivity contribution < 1.29 is 9.47 Å². The molecule has 0 heterocycles. The summed E-state index contributed by atoms with van der Waals surface area (Å²) in [6.45, 7) is 0.817. The van der Waals surface area contributed by atoms with E-state index in [1.807, 2.05) is 6.07 Å². The Balaban J connectivity index is 3.19. The van der Waals surface area contributed by atoms with Crippen molar-refractivity contribution in [1.82, 2.24) is 0 Å². The molecule has 0 aliphatic carbocycles. The van der Waals surface area contributed by atoms with E-state index in [-0.39, 0.29) is 6.04 Å². The van der Waals surface area contributed by atoms with Gasteiger partial charge in [0.2, 0.25) is 0 Å². The monoisotopic (exact) mass is 244 g/mol. The van der Waals surface area contributed by atoms with Crippen LogP contribution in [0.5, 0.6) is 5.75 Å². The second-order valence-electron chi connectivity index (χ2n) is 3.48. The third-order valence-electron chi connectivity index (χ3n) is 2.30. The highest BCUT2D eigenvalue weighted by molar-refractivity contribution is 6.32. The zero-order chi connectivity index (χ0) is 12.1. The summed E-state index contributed by atoms with van der Waals surface area (Å²) in [6, 6.07) is 3.42. The quantitative estimate of drug-likeness (QED) is 0.823. The largest absolute Gasteiger partial charge is 0.495 e. The normalized spacial score (nSPS) is 12.6. The summed E-state index contributed by atoms with van der Waals surface area (Å²) >= 11 is 6.09. The van der Waals surface area contributed by atoms with E-state index in [0.29, 0.717) is 23.9 Å². The zero-order valence-corrected chi connectivity index (χ0v) is 10.3. The molecule has 1 atom stereocenters. The second-order valence-corrected chi connectivity index (χ2v) is 3.88. The minimum atomic E-state index is -0.288. The van der Waals surface area contributed by atoms with Gasteiger partial charge in [0.15, 0.2) is 0 Å². The molecule has 1 aromatic carbocycles. The van der Waals surface area contributed by atoms with E-state index in [1.54, 1.807) is 20.3 Å². The van der Waals surface area contributed by atoms with Crippen LogP contribution in [0.1, 0.15) is 17.2 Å². The summed E-state index contributed by atoms with van der Waals surface area (Å²) in [5.74, 6) is 0.583. The molecule has 0 spiro atoms. The zero-order valence-electron chi connectivity index (χ0n) is 9.50. The van der Waals surface area contributed by atoms with E-state index < -0.39 is 0 Å².